The third kappa shape index (κ3) is 2.26. The van der Waals surface area contributed by atoms with Crippen LogP contribution in [0.4, 0.5) is 5.69 Å². The summed E-state index contributed by atoms with van der Waals surface area (Å²) in [5.74, 6) is 1.12. The average molecular weight is 260 g/mol. The van der Waals surface area contributed by atoms with Crippen LogP contribution in [0, 0.1) is 0 Å². The van der Waals surface area contributed by atoms with Crippen molar-refractivity contribution in [3.63, 3.8) is 0 Å². The largest absolute Gasteiger partial charge is 0.399 e. The fraction of sp³-hybridized carbons (Fsp3) is 0.500. The maximum atomic E-state index is 5.85. The van der Waals surface area contributed by atoms with Crippen molar-refractivity contribution in [3.8, 4) is 0 Å². The molecular formula is C14H20N4O. The summed E-state index contributed by atoms with van der Waals surface area (Å²) >= 11 is 0. The van der Waals surface area contributed by atoms with Gasteiger partial charge in [0.1, 0.15) is 5.82 Å². The molecule has 0 amide bonds. The quantitative estimate of drug-likeness (QED) is 0.851. The number of morpholine rings is 1. The number of nitrogen functional groups attached to an aromatic ring is 1. The number of benzene rings is 1. The zero-order chi connectivity index (χ0) is 13.2. The Morgan fingerprint density at radius 2 is 2.11 bits per heavy atom. The maximum absolute atomic E-state index is 5.85. The number of fused-ring (bicyclic) bond motifs is 1. The summed E-state index contributed by atoms with van der Waals surface area (Å²) in [4.78, 5) is 4.74. The lowest BCUT2D eigenvalue weighted by Crippen LogP contribution is -2.44. The van der Waals surface area contributed by atoms with Gasteiger partial charge in [-0.1, -0.05) is 6.92 Å². The first-order valence-electron chi connectivity index (χ1n) is 6.89. The van der Waals surface area contributed by atoms with Crippen LogP contribution < -0.4 is 10.7 Å². The predicted octanol–water partition coefficient (Wildman–Crippen LogP) is 1.54. The van der Waals surface area contributed by atoms with Crippen LogP contribution in [0.1, 0.15) is 19.2 Å². The van der Waals surface area contributed by atoms with Gasteiger partial charge in [-0.2, -0.15) is 0 Å². The minimum atomic E-state index is 0.766. The highest BCUT2D eigenvalue weighted by Crippen LogP contribution is 2.21. The summed E-state index contributed by atoms with van der Waals surface area (Å²) in [7, 11) is 0. The van der Waals surface area contributed by atoms with Crippen molar-refractivity contribution in [2.75, 3.05) is 37.0 Å². The van der Waals surface area contributed by atoms with Crippen molar-refractivity contribution in [1.29, 1.82) is 0 Å². The van der Waals surface area contributed by atoms with Gasteiger partial charge in [0.25, 0.3) is 0 Å². The monoisotopic (exact) mass is 260 g/mol. The van der Waals surface area contributed by atoms with E-state index in [1.54, 1.807) is 0 Å². The number of imidazole rings is 1. The Kier molecular flexibility index (Phi) is 3.29. The number of anilines is 1. The number of hydrogen-bond acceptors (Lipinski definition) is 4. The Morgan fingerprint density at radius 1 is 1.32 bits per heavy atom. The SMILES string of the molecule is CCCc1nc2cc(N)ccc2n1N1CCOCC1. The minimum Gasteiger partial charge on any atom is -0.399 e. The minimum absolute atomic E-state index is 0.766. The molecule has 0 unspecified atom stereocenters. The molecule has 2 heterocycles. The molecule has 1 aromatic heterocycles. The fourth-order valence-electron chi connectivity index (χ4n) is 2.59. The van der Waals surface area contributed by atoms with Gasteiger partial charge < -0.3 is 15.5 Å². The summed E-state index contributed by atoms with van der Waals surface area (Å²) in [5, 5.41) is 2.32. The van der Waals surface area contributed by atoms with Gasteiger partial charge in [-0.05, 0) is 24.6 Å². The summed E-state index contributed by atoms with van der Waals surface area (Å²) in [6, 6.07) is 5.95. The van der Waals surface area contributed by atoms with E-state index in [9.17, 15) is 0 Å². The summed E-state index contributed by atoms with van der Waals surface area (Å²) in [6.45, 7) is 5.55. The van der Waals surface area contributed by atoms with Crippen LogP contribution in [0.5, 0.6) is 0 Å². The number of aromatic nitrogens is 2. The number of nitrogens with two attached hydrogens (primary N) is 1. The molecule has 5 nitrogen and oxygen atoms in total. The molecule has 1 saturated heterocycles. The van der Waals surface area contributed by atoms with Gasteiger partial charge in [-0.25, -0.2) is 9.66 Å². The van der Waals surface area contributed by atoms with E-state index in [-0.39, 0.29) is 0 Å². The van der Waals surface area contributed by atoms with Gasteiger partial charge in [0.05, 0.1) is 37.3 Å². The lowest BCUT2D eigenvalue weighted by Gasteiger charge is -2.31. The van der Waals surface area contributed by atoms with Crippen LogP contribution >= 0.6 is 0 Å². The molecule has 1 aliphatic rings. The molecule has 0 atom stereocenters. The molecule has 19 heavy (non-hydrogen) atoms. The molecule has 1 aliphatic heterocycles. The second kappa shape index (κ2) is 5.09. The van der Waals surface area contributed by atoms with Crippen LogP contribution in [0.3, 0.4) is 0 Å². The van der Waals surface area contributed by atoms with Crippen molar-refractivity contribution in [3.05, 3.63) is 24.0 Å². The normalized spacial score (nSPS) is 16.2. The fourth-order valence-corrected chi connectivity index (χ4v) is 2.59. The molecule has 2 N–H and O–H groups in total. The van der Waals surface area contributed by atoms with E-state index in [2.05, 4.69) is 22.7 Å². The molecule has 102 valence electrons. The van der Waals surface area contributed by atoms with Crippen molar-refractivity contribution in [1.82, 2.24) is 9.66 Å². The molecule has 1 aromatic carbocycles. The third-order valence-corrected chi connectivity index (χ3v) is 3.47. The molecular weight excluding hydrogens is 240 g/mol. The van der Waals surface area contributed by atoms with Crippen molar-refractivity contribution < 1.29 is 4.74 Å². The van der Waals surface area contributed by atoms with Crippen molar-refractivity contribution >= 4 is 16.7 Å². The molecule has 5 heteroatoms. The highest BCUT2D eigenvalue weighted by Gasteiger charge is 2.18. The molecule has 0 radical (unpaired) electrons. The molecule has 1 fully saturated rings. The van der Waals surface area contributed by atoms with Crippen LogP contribution in [0.2, 0.25) is 0 Å². The van der Waals surface area contributed by atoms with Gasteiger partial charge in [-0.3, -0.25) is 0 Å². The smallest absolute Gasteiger partial charge is 0.128 e. The Bertz CT molecular complexity index is 572. The van der Waals surface area contributed by atoms with E-state index in [4.69, 9.17) is 15.5 Å². The maximum Gasteiger partial charge on any atom is 0.128 e. The van der Waals surface area contributed by atoms with Gasteiger partial charge in [-0.15, -0.1) is 0 Å². The van der Waals surface area contributed by atoms with Gasteiger partial charge in [0.15, 0.2) is 0 Å². The Labute approximate surface area is 112 Å². The molecule has 3 rings (SSSR count). The second-order valence-corrected chi connectivity index (χ2v) is 4.90. The Balaban J connectivity index is 2.09. The lowest BCUT2D eigenvalue weighted by atomic mass is 10.3. The summed E-state index contributed by atoms with van der Waals surface area (Å²) in [5.41, 5.74) is 8.74. The predicted molar refractivity (Wildman–Crippen MR) is 76.9 cm³/mol. The van der Waals surface area contributed by atoms with E-state index in [1.807, 2.05) is 12.1 Å². The van der Waals surface area contributed by atoms with Crippen LogP contribution in [0.25, 0.3) is 11.0 Å². The summed E-state index contributed by atoms with van der Waals surface area (Å²) in [6.07, 6.45) is 2.06. The molecule has 0 saturated carbocycles. The Hall–Kier alpha value is -1.75. The van der Waals surface area contributed by atoms with Crippen molar-refractivity contribution in [2.24, 2.45) is 0 Å². The zero-order valence-corrected chi connectivity index (χ0v) is 11.3. The first-order valence-corrected chi connectivity index (χ1v) is 6.89. The number of rotatable bonds is 3. The standard InChI is InChI=1S/C14H20N4O/c1-2-3-14-16-12-10-11(15)4-5-13(12)18(14)17-6-8-19-9-7-17/h4-5,10H,2-3,6-9,15H2,1H3. The van der Waals surface area contributed by atoms with Gasteiger partial charge in [0, 0.05) is 12.1 Å². The summed E-state index contributed by atoms with van der Waals surface area (Å²) < 4.78 is 7.68. The number of nitrogens with zero attached hydrogens (tertiary/aromatic N) is 3. The van der Waals surface area contributed by atoms with E-state index in [0.717, 1.165) is 61.7 Å². The van der Waals surface area contributed by atoms with Crippen molar-refractivity contribution in [2.45, 2.75) is 19.8 Å². The van der Waals surface area contributed by atoms with Crippen LogP contribution in [-0.4, -0.2) is 36.0 Å². The topological polar surface area (TPSA) is 56.3 Å². The molecule has 2 aromatic rings. The van der Waals surface area contributed by atoms with Crippen LogP contribution in [0.15, 0.2) is 18.2 Å². The number of aryl methyl sites for hydroxylation is 1. The van der Waals surface area contributed by atoms with E-state index in [0.29, 0.717) is 0 Å². The lowest BCUT2D eigenvalue weighted by molar-refractivity contribution is 0.111. The van der Waals surface area contributed by atoms with E-state index < -0.39 is 0 Å². The zero-order valence-electron chi connectivity index (χ0n) is 11.3. The molecule has 0 bridgehead atoms. The average Bonchev–Trinajstić information content (AvgIpc) is 2.77. The first kappa shape index (κ1) is 12.3. The highest BCUT2D eigenvalue weighted by atomic mass is 16.5. The number of hydrogen-bond donors (Lipinski definition) is 1. The highest BCUT2D eigenvalue weighted by molar-refractivity contribution is 5.80. The first-order chi connectivity index (χ1) is 9.29. The molecule has 0 aliphatic carbocycles. The van der Waals surface area contributed by atoms with Gasteiger partial charge >= 0.3 is 0 Å². The Morgan fingerprint density at radius 3 is 2.84 bits per heavy atom. The van der Waals surface area contributed by atoms with E-state index >= 15 is 0 Å². The van der Waals surface area contributed by atoms with Crippen LogP contribution in [-0.2, 0) is 11.2 Å². The number of ether oxygens (including phenoxy) is 1. The van der Waals surface area contributed by atoms with E-state index in [1.165, 1.54) is 0 Å². The second-order valence-electron chi connectivity index (χ2n) is 4.90. The third-order valence-electron chi connectivity index (χ3n) is 3.47. The molecule has 0 spiro atoms. The van der Waals surface area contributed by atoms with Gasteiger partial charge in [0.2, 0.25) is 0 Å².